The summed E-state index contributed by atoms with van der Waals surface area (Å²) in [7, 11) is -0.622. The minimum absolute atomic E-state index is 0.0327. The van der Waals surface area contributed by atoms with Gasteiger partial charge in [-0.05, 0) is 12.0 Å². The fourth-order valence-electron chi connectivity index (χ4n) is 1.55. The predicted octanol–water partition coefficient (Wildman–Crippen LogP) is -0.106. The maximum atomic E-state index is 11.2. The second-order valence-electron chi connectivity index (χ2n) is 3.78. The second kappa shape index (κ2) is 5.58. The third-order valence-electron chi connectivity index (χ3n) is 2.43. The summed E-state index contributed by atoms with van der Waals surface area (Å²) in [6.45, 7) is 4.43. The van der Waals surface area contributed by atoms with E-state index in [9.17, 15) is 4.79 Å². The average Bonchev–Trinajstić information content (AvgIpc) is 2.46. The summed E-state index contributed by atoms with van der Waals surface area (Å²) >= 11 is 5.52. The number of aliphatic hydroxyl groups is 1. The molecule has 2 amide bonds. The molecule has 2 N–H and O–H groups in total. The predicted molar refractivity (Wildman–Crippen MR) is 59.4 cm³/mol. The van der Waals surface area contributed by atoms with Crippen LogP contribution >= 0.6 is 11.6 Å². The van der Waals surface area contributed by atoms with Gasteiger partial charge in [-0.15, -0.1) is 0 Å². The van der Waals surface area contributed by atoms with Crippen molar-refractivity contribution in [3.05, 3.63) is 0 Å². The highest BCUT2D eigenvalue weighted by atomic mass is 35.5. The van der Waals surface area contributed by atoms with Crippen LogP contribution in [0.5, 0.6) is 0 Å². The zero-order valence-corrected chi connectivity index (χ0v) is 10.5. The molecule has 1 aliphatic rings. The van der Waals surface area contributed by atoms with E-state index in [-0.39, 0.29) is 6.03 Å². The molecule has 0 bridgehead atoms. The van der Waals surface area contributed by atoms with Crippen LogP contribution in [0, 0.1) is 0 Å². The number of hydrogen-bond donors (Lipinski definition) is 2. The Labute approximate surface area is 91.4 Å². The Morgan fingerprint density at radius 1 is 1.79 bits per heavy atom. The molecule has 0 spiro atoms. The van der Waals surface area contributed by atoms with Crippen LogP contribution in [0.4, 0.5) is 4.79 Å². The molecule has 4 nitrogen and oxygen atoms in total. The molecular formula is C8H17ClN2O2Si. The van der Waals surface area contributed by atoms with Crippen LogP contribution in [-0.2, 0) is 0 Å². The van der Waals surface area contributed by atoms with Gasteiger partial charge < -0.3 is 15.3 Å². The van der Waals surface area contributed by atoms with Crippen LogP contribution in [0.2, 0.25) is 5.54 Å². The van der Waals surface area contributed by atoms with E-state index in [0.717, 1.165) is 26.1 Å². The first-order valence-corrected chi connectivity index (χ1v) is 7.01. The third-order valence-corrected chi connectivity index (χ3v) is 4.57. The normalized spacial score (nSPS) is 21.6. The van der Waals surface area contributed by atoms with Gasteiger partial charge in [0.2, 0.25) is 0 Å². The first kappa shape index (κ1) is 11.8. The Morgan fingerprint density at radius 3 is 3.00 bits per heavy atom. The molecule has 0 aromatic heterocycles. The van der Waals surface area contributed by atoms with Crippen molar-refractivity contribution in [1.82, 2.24) is 10.2 Å². The van der Waals surface area contributed by atoms with Crippen molar-refractivity contribution < 1.29 is 9.90 Å². The number of nitrogens with zero attached hydrogens (tertiary/aromatic N) is 1. The smallest absolute Gasteiger partial charge is 0.317 e. The van der Waals surface area contributed by atoms with Crippen LogP contribution in [-0.4, -0.2) is 50.4 Å². The van der Waals surface area contributed by atoms with Crippen LogP contribution < -0.4 is 5.32 Å². The van der Waals surface area contributed by atoms with E-state index in [1.54, 1.807) is 0 Å². The van der Waals surface area contributed by atoms with E-state index >= 15 is 0 Å². The highest BCUT2D eigenvalue weighted by Gasteiger charge is 2.19. The van der Waals surface area contributed by atoms with Crippen molar-refractivity contribution in [3.63, 3.8) is 0 Å². The molecule has 1 saturated heterocycles. The highest BCUT2D eigenvalue weighted by molar-refractivity contribution is 6.53. The van der Waals surface area contributed by atoms with Gasteiger partial charge in [0, 0.05) is 19.6 Å². The Hall–Kier alpha value is -0.263. The largest absolute Gasteiger partial charge is 0.382 e. The van der Waals surface area contributed by atoms with E-state index in [1.807, 2.05) is 4.90 Å². The molecule has 2 atom stereocenters. The Balaban J connectivity index is 2.16. The molecule has 0 radical (unpaired) electrons. The van der Waals surface area contributed by atoms with Crippen LogP contribution in [0.1, 0.15) is 13.3 Å². The molecule has 14 heavy (non-hydrogen) atoms. The number of hydrogen-bond acceptors (Lipinski definition) is 2. The van der Waals surface area contributed by atoms with Crippen molar-refractivity contribution in [2.24, 2.45) is 0 Å². The summed E-state index contributed by atoms with van der Waals surface area (Å²) in [4.78, 5) is 13.0. The van der Waals surface area contributed by atoms with Crippen LogP contribution in [0.15, 0.2) is 0 Å². The van der Waals surface area contributed by atoms with Crippen molar-refractivity contribution in [1.29, 1.82) is 0 Å². The Kier molecular flexibility index (Phi) is 4.70. The number of carbonyl (C=O) groups excluding carboxylic acids is 1. The first-order chi connectivity index (χ1) is 6.59. The van der Waals surface area contributed by atoms with E-state index in [4.69, 9.17) is 16.7 Å². The summed E-state index contributed by atoms with van der Waals surface area (Å²) in [6, 6.07) is 0.0327. The maximum absolute atomic E-state index is 11.2. The number of aliphatic hydroxyl groups excluding tert-OH is 1. The maximum Gasteiger partial charge on any atom is 0.317 e. The number of carbonyl (C=O) groups is 1. The van der Waals surface area contributed by atoms with Gasteiger partial charge in [0.15, 0.2) is 0 Å². The minimum Gasteiger partial charge on any atom is -0.382 e. The van der Waals surface area contributed by atoms with Gasteiger partial charge in [0.05, 0.1) is 9.52 Å². The highest BCUT2D eigenvalue weighted by Crippen LogP contribution is 2.12. The average molecular weight is 237 g/mol. The molecule has 0 saturated carbocycles. The zero-order chi connectivity index (χ0) is 10.6. The number of alkyl halides is 1. The molecule has 6 heteroatoms. The number of amides is 2. The van der Waals surface area contributed by atoms with Gasteiger partial charge in [-0.1, -0.05) is 18.5 Å². The number of rotatable bonds is 5. The molecule has 82 valence electrons. The van der Waals surface area contributed by atoms with E-state index in [1.165, 1.54) is 0 Å². The Morgan fingerprint density at radius 2 is 2.50 bits per heavy atom. The van der Waals surface area contributed by atoms with Gasteiger partial charge >= 0.3 is 6.03 Å². The summed E-state index contributed by atoms with van der Waals surface area (Å²) in [5, 5.41) is 11.1. The number of halogens is 1. The molecule has 1 rings (SSSR count). The molecule has 1 aliphatic heterocycles. The number of nitrogens with one attached hydrogen (secondary N) is 1. The fourth-order valence-corrected chi connectivity index (χ4v) is 3.55. The van der Waals surface area contributed by atoms with E-state index in [0.29, 0.717) is 5.54 Å². The van der Waals surface area contributed by atoms with Gasteiger partial charge in [-0.25, -0.2) is 4.79 Å². The van der Waals surface area contributed by atoms with Gasteiger partial charge in [-0.2, -0.15) is 0 Å². The van der Waals surface area contributed by atoms with Crippen molar-refractivity contribution in [2.45, 2.75) is 24.1 Å². The quantitative estimate of drug-likeness (QED) is 0.517. The van der Waals surface area contributed by atoms with E-state index < -0.39 is 14.7 Å². The molecule has 0 aromatic rings. The minimum atomic E-state index is -0.627. The summed E-state index contributed by atoms with van der Waals surface area (Å²) in [5.74, 6) is 0. The standard InChI is InChI=1S/C8H17ClN2O2Si/c1-6(14-7(9)12)2-4-11-5-3-10-8(11)13/h6-7,12H,2-5,14H2,1H3,(H,10,13). The summed E-state index contributed by atoms with van der Waals surface area (Å²) in [6.07, 6.45) is 0.948. The molecular weight excluding hydrogens is 220 g/mol. The van der Waals surface area contributed by atoms with Gasteiger partial charge in [0.25, 0.3) is 0 Å². The lowest BCUT2D eigenvalue weighted by atomic mass is 10.3. The van der Waals surface area contributed by atoms with Crippen molar-refractivity contribution >= 4 is 27.2 Å². The fraction of sp³-hybridized carbons (Fsp3) is 0.875. The van der Waals surface area contributed by atoms with Crippen molar-refractivity contribution in [2.75, 3.05) is 19.6 Å². The van der Waals surface area contributed by atoms with Crippen molar-refractivity contribution in [3.8, 4) is 0 Å². The number of urea groups is 1. The summed E-state index contributed by atoms with van der Waals surface area (Å²) in [5.41, 5.74) is 0.482. The Bertz CT molecular complexity index is 204. The van der Waals surface area contributed by atoms with Crippen LogP contribution in [0.3, 0.4) is 0 Å². The lowest BCUT2D eigenvalue weighted by Crippen LogP contribution is -2.30. The van der Waals surface area contributed by atoms with Gasteiger partial charge in [0.1, 0.15) is 5.19 Å². The topological polar surface area (TPSA) is 52.6 Å². The monoisotopic (exact) mass is 236 g/mol. The van der Waals surface area contributed by atoms with E-state index in [2.05, 4.69) is 12.2 Å². The second-order valence-corrected chi connectivity index (χ2v) is 7.44. The first-order valence-electron chi connectivity index (χ1n) is 4.94. The van der Waals surface area contributed by atoms with Crippen LogP contribution in [0.25, 0.3) is 0 Å². The zero-order valence-electron chi connectivity index (χ0n) is 8.37. The molecule has 1 heterocycles. The molecule has 1 fully saturated rings. The van der Waals surface area contributed by atoms with Gasteiger partial charge in [-0.3, -0.25) is 0 Å². The lowest BCUT2D eigenvalue weighted by molar-refractivity contribution is 0.216. The lowest BCUT2D eigenvalue weighted by Gasteiger charge is -2.17. The molecule has 0 aliphatic carbocycles. The molecule has 2 unspecified atom stereocenters. The SMILES string of the molecule is CC(CCN1CCNC1=O)[SiH2]C(O)Cl. The third kappa shape index (κ3) is 3.85. The summed E-state index contributed by atoms with van der Waals surface area (Å²) < 4.78 is 0. The molecule has 0 aromatic carbocycles.